The number of hydrogen-bond acceptors (Lipinski definition) is 4. The molecule has 2 N–H and O–H groups in total. The zero-order valence-electron chi connectivity index (χ0n) is 7.57. The van der Waals surface area contributed by atoms with Gasteiger partial charge in [0.2, 0.25) is 0 Å². The number of ether oxygens (including phenoxy) is 1. The van der Waals surface area contributed by atoms with Crippen molar-refractivity contribution in [2.75, 3.05) is 12.9 Å². The average molecular weight is 193 g/mol. The minimum atomic E-state index is -1.05. The SMILES string of the molecule is COC(=O)C(N)CS(=O)C(C)C. The molecule has 12 heavy (non-hydrogen) atoms. The number of esters is 1. The molecular weight excluding hydrogens is 178 g/mol. The van der Waals surface area contributed by atoms with E-state index in [0.717, 1.165) is 0 Å². The van der Waals surface area contributed by atoms with Gasteiger partial charge < -0.3 is 10.5 Å². The summed E-state index contributed by atoms with van der Waals surface area (Å²) in [7, 11) is 0.215. The van der Waals surface area contributed by atoms with Gasteiger partial charge in [-0.15, -0.1) is 0 Å². The molecule has 0 aromatic rings. The molecule has 0 saturated heterocycles. The Bertz CT molecular complexity index is 181. The van der Waals surface area contributed by atoms with Crippen molar-refractivity contribution in [2.24, 2.45) is 5.73 Å². The standard InChI is InChI=1S/C7H15NO3S/c1-5(2)12(10)4-6(8)7(9)11-3/h5-6H,4,8H2,1-3H3. The summed E-state index contributed by atoms with van der Waals surface area (Å²) in [6.45, 7) is 3.64. The van der Waals surface area contributed by atoms with E-state index in [0.29, 0.717) is 0 Å². The second-order valence-corrected chi connectivity index (χ2v) is 4.76. The lowest BCUT2D eigenvalue weighted by Gasteiger charge is -2.10. The number of hydrogen-bond donors (Lipinski definition) is 1. The van der Waals surface area contributed by atoms with Crippen LogP contribution in [0.2, 0.25) is 0 Å². The molecule has 0 bridgehead atoms. The molecule has 0 amide bonds. The van der Waals surface area contributed by atoms with E-state index in [4.69, 9.17) is 5.73 Å². The van der Waals surface area contributed by atoms with E-state index in [1.807, 2.05) is 13.8 Å². The summed E-state index contributed by atoms with van der Waals surface area (Å²) in [5.41, 5.74) is 5.40. The van der Waals surface area contributed by atoms with Crippen molar-refractivity contribution in [1.82, 2.24) is 0 Å². The molecule has 0 aromatic heterocycles. The van der Waals surface area contributed by atoms with Crippen LogP contribution in [0.5, 0.6) is 0 Å². The van der Waals surface area contributed by atoms with Crippen LogP contribution in [0.1, 0.15) is 13.8 Å². The van der Waals surface area contributed by atoms with Gasteiger partial charge in [-0.1, -0.05) is 13.8 Å². The van der Waals surface area contributed by atoms with Gasteiger partial charge in [-0.3, -0.25) is 9.00 Å². The van der Waals surface area contributed by atoms with Crippen molar-refractivity contribution in [1.29, 1.82) is 0 Å². The van der Waals surface area contributed by atoms with Crippen LogP contribution in [0.15, 0.2) is 0 Å². The molecule has 0 saturated carbocycles. The third kappa shape index (κ3) is 3.82. The molecule has 0 aliphatic heterocycles. The predicted molar refractivity (Wildman–Crippen MR) is 48.1 cm³/mol. The lowest BCUT2D eigenvalue weighted by Crippen LogP contribution is -2.38. The molecule has 2 unspecified atom stereocenters. The lowest BCUT2D eigenvalue weighted by molar-refractivity contribution is -0.141. The number of rotatable bonds is 4. The van der Waals surface area contributed by atoms with Crippen LogP contribution < -0.4 is 5.73 Å². The number of methoxy groups -OCH3 is 1. The van der Waals surface area contributed by atoms with Crippen LogP contribution in [0.25, 0.3) is 0 Å². The molecule has 2 atom stereocenters. The highest BCUT2D eigenvalue weighted by atomic mass is 32.2. The van der Waals surface area contributed by atoms with Crippen molar-refractivity contribution in [2.45, 2.75) is 25.1 Å². The van der Waals surface area contributed by atoms with E-state index in [1.54, 1.807) is 0 Å². The van der Waals surface area contributed by atoms with Crippen LogP contribution in [-0.2, 0) is 20.3 Å². The largest absolute Gasteiger partial charge is 0.468 e. The maximum atomic E-state index is 11.2. The molecule has 0 aliphatic rings. The highest BCUT2D eigenvalue weighted by Crippen LogP contribution is 1.97. The third-order valence-electron chi connectivity index (χ3n) is 1.37. The normalized spacial score (nSPS) is 15.8. The van der Waals surface area contributed by atoms with Gasteiger partial charge >= 0.3 is 5.97 Å². The Labute approximate surface area is 74.9 Å². The highest BCUT2D eigenvalue weighted by molar-refractivity contribution is 7.85. The lowest BCUT2D eigenvalue weighted by atomic mass is 10.4. The van der Waals surface area contributed by atoms with Gasteiger partial charge in [0.15, 0.2) is 0 Å². The van der Waals surface area contributed by atoms with Gasteiger partial charge in [-0.25, -0.2) is 0 Å². The van der Waals surface area contributed by atoms with Crippen LogP contribution in [0, 0.1) is 0 Å². The van der Waals surface area contributed by atoms with Crippen LogP contribution in [-0.4, -0.2) is 34.3 Å². The van der Waals surface area contributed by atoms with Gasteiger partial charge in [-0.05, 0) is 0 Å². The zero-order valence-corrected chi connectivity index (χ0v) is 8.39. The second kappa shape index (κ2) is 5.27. The first kappa shape index (κ1) is 11.6. The van der Waals surface area contributed by atoms with Crippen molar-refractivity contribution in [3.05, 3.63) is 0 Å². The first-order valence-electron chi connectivity index (χ1n) is 3.69. The molecule has 0 fully saturated rings. The van der Waals surface area contributed by atoms with E-state index >= 15 is 0 Å². The van der Waals surface area contributed by atoms with Crippen molar-refractivity contribution in [3.63, 3.8) is 0 Å². The first-order chi connectivity index (χ1) is 5.49. The molecule has 0 heterocycles. The van der Waals surface area contributed by atoms with E-state index in [1.165, 1.54) is 7.11 Å². The molecule has 0 aromatic carbocycles. The third-order valence-corrected chi connectivity index (χ3v) is 3.11. The Morgan fingerprint density at radius 1 is 1.58 bits per heavy atom. The molecular formula is C7H15NO3S. The first-order valence-corrected chi connectivity index (χ1v) is 5.07. The van der Waals surface area contributed by atoms with Crippen molar-refractivity contribution in [3.8, 4) is 0 Å². The molecule has 0 spiro atoms. The maximum absolute atomic E-state index is 11.2. The van der Waals surface area contributed by atoms with Gasteiger partial charge in [0.1, 0.15) is 6.04 Å². The molecule has 5 heteroatoms. The Morgan fingerprint density at radius 2 is 2.08 bits per heavy atom. The summed E-state index contributed by atoms with van der Waals surface area (Å²) >= 11 is 0. The summed E-state index contributed by atoms with van der Waals surface area (Å²) in [5, 5.41) is 0.0284. The van der Waals surface area contributed by atoms with Gasteiger partial charge in [0.05, 0.1) is 7.11 Å². The summed E-state index contributed by atoms with van der Waals surface area (Å²) in [6, 6.07) is -0.766. The zero-order chi connectivity index (χ0) is 9.72. The second-order valence-electron chi connectivity index (χ2n) is 2.73. The van der Waals surface area contributed by atoms with E-state index in [-0.39, 0.29) is 11.0 Å². The summed E-state index contributed by atoms with van der Waals surface area (Å²) < 4.78 is 15.6. The van der Waals surface area contributed by atoms with Gasteiger partial charge in [-0.2, -0.15) is 0 Å². The smallest absolute Gasteiger partial charge is 0.323 e. The Hall–Kier alpha value is -0.420. The van der Waals surface area contributed by atoms with Crippen LogP contribution >= 0.6 is 0 Å². The minimum absolute atomic E-state index is 0.0284. The molecule has 0 rings (SSSR count). The number of carbonyl (C=O) groups excluding carboxylic acids is 1. The number of carbonyl (C=O) groups is 1. The topological polar surface area (TPSA) is 69.4 Å². The highest BCUT2D eigenvalue weighted by Gasteiger charge is 2.18. The van der Waals surface area contributed by atoms with Crippen LogP contribution in [0.3, 0.4) is 0 Å². The molecule has 72 valence electrons. The fourth-order valence-electron chi connectivity index (χ4n) is 0.589. The van der Waals surface area contributed by atoms with Crippen LogP contribution in [0.4, 0.5) is 0 Å². The van der Waals surface area contributed by atoms with Crippen molar-refractivity contribution < 1.29 is 13.7 Å². The molecule has 0 aliphatic carbocycles. The minimum Gasteiger partial charge on any atom is -0.468 e. The van der Waals surface area contributed by atoms with Crippen molar-refractivity contribution >= 4 is 16.8 Å². The monoisotopic (exact) mass is 193 g/mol. The average Bonchev–Trinajstić information content (AvgIpc) is 2.02. The molecule has 0 radical (unpaired) electrons. The Morgan fingerprint density at radius 3 is 2.42 bits per heavy atom. The maximum Gasteiger partial charge on any atom is 0.323 e. The van der Waals surface area contributed by atoms with E-state index in [9.17, 15) is 9.00 Å². The van der Waals surface area contributed by atoms with E-state index in [2.05, 4.69) is 4.74 Å². The Kier molecular flexibility index (Phi) is 5.08. The summed E-state index contributed by atoms with van der Waals surface area (Å²) in [5.74, 6) is -0.339. The van der Waals surface area contributed by atoms with Gasteiger partial charge in [0, 0.05) is 21.8 Å². The summed E-state index contributed by atoms with van der Waals surface area (Å²) in [6.07, 6.45) is 0. The fourth-order valence-corrected chi connectivity index (χ4v) is 1.46. The fraction of sp³-hybridized carbons (Fsp3) is 0.857. The predicted octanol–water partition coefficient (Wildman–Crippen LogP) is -0.356. The Balaban J connectivity index is 3.92. The number of nitrogens with two attached hydrogens (primary N) is 1. The quantitative estimate of drug-likeness (QED) is 0.619. The van der Waals surface area contributed by atoms with Gasteiger partial charge in [0.25, 0.3) is 0 Å². The molecule has 4 nitrogen and oxygen atoms in total. The summed E-state index contributed by atoms with van der Waals surface area (Å²) in [4.78, 5) is 10.8. The van der Waals surface area contributed by atoms with E-state index < -0.39 is 22.8 Å².